The number of ether oxygens (including phenoxy) is 2. The van der Waals surface area contributed by atoms with E-state index in [4.69, 9.17) is 9.47 Å². The summed E-state index contributed by atoms with van der Waals surface area (Å²) in [6.45, 7) is 9.49. The van der Waals surface area contributed by atoms with Crippen molar-refractivity contribution in [2.45, 2.75) is 39.5 Å². The van der Waals surface area contributed by atoms with Crippen molar-refractivity contribution in [2.75, 3.05) is 13.7 Å². The van der Waals surface area contributed by atoms with Crippen LogP contribution in [0.1, 0.15) is 39.5 Å². The van der Waals surface area contributed by atoms with Gasteiger partial charge in [0.25, 0.3) is 15.9 Å². The van der Waals surface area contributed by atoms with Crippen LogP contribution in [0.15, 0.2) is 29.2 Å². The van der Waals surface area contributed by atoms with Crippen LogP contribution in [0.2, 0.25) is 0 Å². The molecule has 8 heteroatoms. The zero-order valence-electron chi connectivity index (χ0n) is 17.0. The molecule has 7 nitrogen and oxygen atoms in total. The van der Waals surface area contributed by atoms with Gasteiger partial charge in [-0.15, -0.1) is 4.83 Å². The first-order valence-corrected chi connectivity index (χ1v) is 10.3. The number of carbonyl (C=O) groups is 1. The molecule has 0 saturated heterocycles. The maximum atomic E-state index is 12.8. The van der Waals surface area contributed by atoms with Crippen molar-refractivity contribution in [3.8, 4) is 11.5 Å². The number of amides is 1. The van der Waals surface area contributed by atoms with Gasteiger partial charge in [-0.2, -0.15) is 0 Å². The molecule has 2 aromatic carbocycles. The summed E-state index contributed by atoms with van der Waals surface area (Å²) in [5.41, 5.74) is 5.52. The number of hydrazine groups is 1. The maximum Gasteiger partial charge on any atom is 0.266 e. The number of hydrogen-bond acceptors (Lipinski definition) is 5. The molecule has 0 aromatic heterocycles. The van der Waals surface area contributed by atoms with E-state index in [1.54, 1.807) is 19.9 Å². The number of benzene rings is 2. The van der Waals surface area contributed by atoms with Crippen molar-refractivity contribution in [1.82, 2.24) is 10.3 Å². The van der Waals surface area contributed by atoms with E-state index < -0.39 is 15.9 Å². The van der Waals surface area contributed by atoms with Gasteiger partial charge in [-0.1, -0.05) is 6.07 Å². The lowest BCUT2D eigenvalue weighted by Crippen LogP contribution is -2.42. The van der Waals surface area contributed by atoms with E-state index in [1.165, 1.54) is 19.2 Å². The average Bonchev–Trinajstić information content (AvgIpc) is 2.65. The first-order chi connectivity index (χ1) is 13.1. The summed E-state index contributed by atoms with van der Waals surface area (Å²) in [6, 6.07) is 6.56. The molecule has 0 fully saturated rings. The molecule has 0 radical (unpaired) electrons. The number of aryl methyl sites for hydroxylation is 2. The maximum absolute atomic E-state index is 12.8. The number of hydrogen-bond donors (Lipinski definition) is 2. The van der Waals surface area contributed by atoms with Gasteiger partial charge in [0, 0.05) is 5.56 Å². The summed E-state index contributed by atoms with van der Waals surface area (Å²) in [5.74, 6) is 0.284. The molecular weight excluding hydrogens is 380 g/mol. The van der Waals surface area contributed by atoms with Crippen LogP contribution in [0.3, 0.4) is 0 Å². The molecule has 2 N–H and O–H groups in total. The van der Waals surface area contributed by atoms with Gasteiger partial charge in [0.05, 0.1) is 18.6 Å². The Bertz CT molecular complexity index is 974. The summed E-state index contributed by atoms with van der Waals surface area (Å²) in [7, 11) is -2.47. The minimum atomic E-state index is -3.94. The highest BCUT2D eigenvalue weighted by Gasteiger charge is 2.23. The van der Waals surface area contributed by atoms with E-state index in [1.807, 2.05) is 26.8 Å². The minimum absolute atomic E-state index is 0.176. The third-order valence-electron chi connectivity index (χ3n) is 4.59. The quantitative estimate of drug-likeness (QED) is 0.690. The molecule has 0 heterocycles. The Morgan fingerprint density at radius 1 is 1.00 bits per heavy atom. The van der Waals surface area contributed by atoms with Gasteiger partial charge in [0.15, 0.2) is 11.5 Å². The van der Waals surface area contributed by atoms with Crippen LogP contribution in [-0.2, 0) is 10.0 Å². The molecule has 0 unspecified atom stereocenters. The largest absolute Gasteiger partial charge is 0.493 e. The third kappa shape index (κ3) is 4.45. The SMILES string of the molecule is CCOc1ccc(C(=O)NNS(=O)(=O)c2c(C)c(C)cc(C)c2C)cc1OC. The number of rotatable bonds is 7. The summed E-state index contributed by atoms with van der Waals surface area (Å²) in [6.07, 6.45) is 0. The molecule has 0 aliphatic rings. The van der Waals surface area contributed by atoms with Gasteiger partial charge in [-0.05, 0) is 75.1 Å². The van der Waals surface area contributed by atoms with Crippen molar-refractivity contribution in [3.05, 3.63) is 52.1 Å². The molecule has 1 amide bonds. The Morgan fingerprint density at radius 3 is 2.14 bits per heavy atom. The second-order valence-corrected chi connectivity index (χ2v) is 8.07. The van der Waals surface area contributed by atoms with Crippen molar-refractivity contribution in [2.24, 2.45) is 0 Å². The summed E-state index contributed by atoms with van der Waals surface area (Å²) >= 11 is 0. The van der Waals surface area contributed by atoms with Crippen LogP contribution in [0, 0.1) is 27.7 Å². The molecule has 0 spiro atoms. The predicted octanol–water partition coefficient (Wildman–Crippen LogP) is 2.95. The van der Waals surface area contributed by atoms with Crippen LogP contribution >= 0.6 is 0 Å². The lowest BCUT2D eigenvalue weighted by molar-refractivity contribution is 0.0944. The van der Waals surface area contributed by atoms with E-state index in [0.29, 0.717) is 29.2 Å². The Balaban J connectivity index is 2.25. The van der Waals surface area contributed by atoms with E-state index in [2.05, 4.69) is 10.3 Å². The zero-order valence-corrected chi connectivity index (χ0v) is 17.8. The molecule has 0 bridgehead atoms. The lowest BCUT2D eigenvalue weighted by Gasteiger charge is -2.16. The molecule has 0 saturated carbocycles. The van der Waals surface area contributed by atoms with Gasteiger partial charge in [-0.3, -0.25) is 10.2 Å². The van der Waals surface area contributed by atoms with Gasteiger partial charge in [-0.25, -0.2) is 8.42 Å². The van der Waals surface area contributed by atoms with Crippen LogP contribution < -0.4 is 19.7 Å². The second-order valence-electron chi connectivity index (χ2n) is 6.45. The molecule has 2 aromatic rings. The standard InChI is InChI=1S/C20H26N2O5S/c1-7-27-17-9-8-16(11-18(17)26-6)20(23)21-22-28(24,25)19-14(4)12(2)10-13(3)15(19)5/h8-11,22H,7H2,1-6H3,(H,21,23). The Morgan fingerprint density at radius 2 is 1.61 bits per heavy atom. The fourth-order valence-corrected chi connectivity index (χ4v) is 4.36. The summed E-state index contributed by atoms with van der Waals surface area (Å²) in [5, 5.41) is 0. The first kappa shape index (κ1) is 21.7. The van der Waals surface area contributed by atoms with Crippen LogP contribution in [0.25, 0.3) is 0 Å². The minimum Gasteiger partial charge on any atom is -0.493 e. The average molecular weight is 407 g/mol. The Kier molecular flexibility index (Phi) is 6.69. The molecule has 0 aliphatic carbocycles. The molecule has 28 heavy (non-hydrogen) atoms. The van der Waals surface area contributed by atoms with Gasteiger partial charge in [0.1, 0.15) is 0 Å². The van der Waals surface area contributed by atoms with Crippen LogP contribution in [0.5, 0.6) is 11.5 Å². The van der Waals surface area contributed by atoms with Crippen molar-refractivity contribution in [1.29, 1.82) is 0 Å². The topological polar surface area (TPSA) is 93.7 Å². The fourth-order valence-electron chi connectivity index (χ4n) is 2.90. The molecule has 152 valence electrons. The normalized spacial score (nSPS) is 11.2. The first-order valence-electron chi connectivity index (χ1n) is 8.82. The van der Waals surface area contributed by atoms with Crippen molar-refractivity contribution < 1.29 is 22.7 Å². The van der Waals surface area contributed by atoms with E-state index >= 15 is 0 Å². The van der Waals surface area contributed by atoms with Gasteiger partial charge in [0.2, 0.25) is 0 Å². The van der Waals surface area contributed by atoms with Crippen molar-refractivity contribution in [3.63, 3.8) is 0 Å². The molecular formula is C20H26N2O5S. The summed E-state index contributed by atoms with van der Waals surface area (Å²) in [4.78, 5) is 14.8. The predicted molar refractivity (Wildman–Crippen MR) is 107 cm³/mol. The monoisotopic (exact) mass is 406 g/mol. The van der Waals surface area contributed by atoms with Crippen LogP contribution in [-0.4, -0.2) is 28.0 Å². The smallest absolute Gasteiger partial charge is 0.266 e. The highest BCUT2D eigenvalue weighted by Crippen LogP contribution is 2.28. The zero-order chi connectivity index (χ0) is 21.1. The van der Waals surface area contributed by atoms with Crippen LogP contribution in [0.4, 0.5) is 0 Å². The summed E-state index contributed by atoms with van der Waals surface area (Å²) < 4.78 is 36.2. The van der Waals surface area contributed by atoms with E-state index in [0.717, 1.165) is 11.1 Å². The fraction of sp³-hybridized carbons (Fsp3) is 0.350. The highest BCUT2D eigenvalue weighted by atomic mass is 32.2. The van der Waals surface area contributed by atoms with Crippen molar-refractivity contribution >= 4 is 15.9 Å². The van der Waals surface area contributed by atoms with Gasteiger partial charge >= 0.3 is 0 Å². The number of nitrogens with one attached hydrogen (secondary N) is 2. The Labute approximate surface area is 166 Å². The third-order valence-corrected chi connectivity index (χ3v) is 6.11. The molecule has 2 rings (SSSR count). The lowest BCUT2D eigenvalue weighted by atomic mass is 10.0. The number of carbonyl (C=O) groups excluding carboxylic acids is 1. The highest BCUT2D eigenvalue weighted by molar-refractivity contribution is 7.89. The number of methoxy groups -OCH3 is 1. The van der Waals surface area contributed by atoms with Gasteiger partial charge < -0.3 is 9.47 Å². The van der Waals surface area contributed by atoms with E-state index in [-0.39, 0.29) is 10.5 Å². The van der Waals surface area contributed by atoms with E-state index in [9.17, 15) is 13.2 Å². The second kappa shape index (κ2) is 8.62. The Hall–Kier alpha value is -2.58. The number of sulfonamides is 1. The molecule has 0 aliphatic heterocycles. The molecule has 0 atom stereocenters.